The Balaban J connectivity index is 1.49. The molecule has 1 N–H and O–H groups in total. The summed E-state index contributed by atoms with van der Waals surface area (Å²) < 4.78 is 29.4. The third kappa shape index (κ3) is 2.75. The van der Waals surface area contributed by atoms with Crippen LogP contribution in [-0.2, 0) is 17.1 Å². The minimum atomic E-state index is -2.90. The van der Waals surface area contributed by atoms with Crippen LogP contribution in [0.1, 0.15) is 50.3 Å². The van der Waals surface area contributed by atoms with Gasteiger partial charge in [0.25, 0.3) is 5.92 Å². The van der Waals surface area contributed by atoms with Gasteiger partial charge in [0, 0.05) is 44.1 Å². The fourth-order valence-electron chi connectivity index (χ4n) is 5.50. The fraction of sp³-hybridized carbons (Fsp3) is 0.750. The number of halogens is 2. The molecular weight excluding hydrogens is 366 g/mol. The lowest BCUT2D eigenvalue weighted by molar-refractivity contribution is -0.141. The Labute approximate surface area is 162 Å². The molecule has 1 saturated carbocycles. The highest BCUT2D eigenvalue weighted by Crippen LogP contribution is 2.50. The number of alkyl halides is 2. The largest absolute Gasteiger partial charge is 0.481 e. The molecule has 0 amide bonds. The lowest BCUT2D eigenvalue weighted by Crippen LogP contribution is -2.56. The van der Waals surface area contributed by atoms with E-state index in [2.05, 4.69) is 16.8 Å². The minimum absolute atomic E-state index is 0.0841. The van der Waals surface area contributed by atoms with E-state index in [9.17, 15) is 13.6 Å². The monoisotopic (exact) mass is 392 g/mol. The molecule has 6 rings (SSSR count). The molecule has 0 aromatic carbocycles. The Bertz CT molecular complexity index is 806. The second kappa shape index (κ2) is 6.26. The van der Waals surface area contributed by atoms with Gasteiger partial charge in [0.1, 0.15) is 11.5 Å². The van der Waals surface area contributed by atoms with Gasteiger partial charge in [-0.2, -0.15) is 13.8 Å². The maximum absolute atomic E-state index is 14.7. The highest BCUT2D eigenvalue weighted by Gasteiger charge is 2.49. The highest BCUT2D eigenvalue weighted by molar-refractivity contribution is 5.67. The molecule has 28 heavy (non-hydrogen) atoms. The van der Waals surface area contributed by atoms with Gasteiger partial charge >= 0.3 is 5.97 Å². The number of carbonyl (C=O) groups is 1. The number of rotatable bonds is 4. The number of aliphatic carboxylic acids is 1. The van der Waals surface area contributed by atoms with Gasteiger partial charge in [-0.1, -0.05) is 0 Å². The van der Waals surface area contributed by atoms with Gasteiger partial charge in [-0.05, 0) is 50.4 Å². The molecule has 152 valence electrons. The molecule has 0 radical (unpaired) electrons. The van der Waals surface area contributed by atoms with Gasteiger partial charge in [-0.3, -0.25) is 4.79 Å². The van der Waals surface area contributed by atoms with Crippen LogP contribution < -0.4 is 9.80 Å². The molecule has 0 unspecified atom stereocenters. The Morgan fingerprint density at radius 1 is 1.29 bits per heavy atom. The average molecular weight is 392 g/mol. The number of piperidine rings is 2. The van der Waals surface area contributed by atoms with E-state index in [0.717, 1.165) is 19.4 Å². The molecule has 6 nitrogen and oxygen atoms in total. The van der Waals surface area contributed by atoms with Gasteiger partial charge in [0.2, 0.25) is 5.95 Å². The van der Waals surface area contributed by atoms with E-state index in [0.29, 0.717) is 55.1 Å². The predicted octanol–water partition coefficient (Wildman–Crippen LogP) is 3.05. The van der Waals surface area contributed by atoms with Crippen LogP contribution in [0.4, 0.5) is 20.5 Å². The van der Waals surface area contributed by atoms with Crippen molar-refractivity contribution in [2.75, 3.05) is 29.4 Å². The number of nitrogens with zero attached hydrogens (tertiary/aromatic N) is 4. The smallest absolute Gasteiger partial charge is 0.303 e. The summed E-state index contributed by atoms with van der Waals surface area (Å²) in [5.41, 5.74) is 0.517. The molecular formula is C20H26F2N4O2. The number of carboxylic acid groups (broad SMARTS) is 1. The molecule has 5 aliphatic rings. The molecule has 4 atom stereocenters. The van der Waals surface area contributed by atoms with E-state index >= 15 is 0 Å². The van der Waals surface area contributed by atoms with Gasteiger partial charge in [-0.25, -0.2) is 4.98 Å². The lowest BCUT2D eigenvalue weighted by Gasteiger charge is -2.54. The fourth-order valence-corrected chi connectivity index (χ4v) is 5.50. The lowest BCUT2D eigenvalue weighted by atomic mass is 9.60. The molecule has 4 fully saturated rings. The van der Waals surface area contributed by atoms with Gasteiger partial charge in [0.15, 0.2) is 0 Å². The first kappa shape index (κ1) is 18.1. The van der Waals surface area contributed by atoms with Crippen molar-refractivity contribution in [3.63, 3.8) is 0 Å². The Kier molecular flexibility index (Phi) is 4.04. The van der Waals surface area contributed by atoms with Gasteiger partial charge < -0.3 is 14.9 Å². The number of anilines is 2. The van der Waals surface area contributed by atoms with Crippen molar-refractivity contribution in [1.82, 2.24) is 9.97 Å². The maximum Gasteiger partial charge on any atom is 0.303 e. The molecule has 1 aromatic rings. The Morgan fingerprint density at radius 2 is 2.04 bits per heavy atom. The van der Waals surface area contributed by atoms with Crippen molar-refractivity contribution in [2.24, 2.45) is 17.8 Å². The number of fused-ring (bicyclic) bond motifs is 3. The number of hydrogen-bond acceptors (Lipinski definition) is 5. The summed E-state index contributed by atoms with van der Waals surface area (Å²) in [4.78, 5) is 24.4. The van der Waals surface area contributed by atoms with Crippen molar-refractivity contribution in [3.05, 3.63) is 11.3 Å². The van der Waals surface area contributed by atoms with Crippen LogP contribution in [0, 0.1) is 17.8 Å². The first-order valence-corrected chi connectivity index (χ1v) is 10.4. The van der Waals surface area contributed by atoms with Gasteiger partial charge in [0.05, 0.1) is 0 Å². The van der Waals surface area contributed by atoms with Crippen molar-refractivity contribution in [3.8, 4) is 0 Å². The first-order chi connectivity index (χ1) is 13.3. The van der Waals surface area contributed by atoms with Crippen LogP contribution in [0.2, 0.25) is 0 Å². The summed E-state index contributed by atoms with van der Waals surface area (Å²) in [5.74, 6) is -1.72. The SMILES string of the molecule is C[C@H]1CCN1c1nc(N2C[C@H]3C[C@@H](C2)[C@@H]3CC(=O)O)c2c(n1)C(F)(F)CCC2. The molecule has 0 spiro atoms. The Morgan fingerprint density at radius 3 is 2.64 bits per heavy atom. The number of hydrogen-bond donors (Lipinski definition) is 1. The van der Waals surface area contributed by atoms with E-state index < -0.39 is 11.9 Å². The van der Waals surface area contributed by atoms with Crippen molar-refractivity contribution >= 4 is 17.7 Å². The standard InChI is InChI=1S/C20H26F2N4O2/c1-11-4-6-26(11)19-23-17-14(3-2-5-20(17,21)22)18(24-19)25-9-12-7-13(10-25)15(12)8-16(27)28/h11-13,15H,2-10H2,1H3,(H,27,28)/t11-,12-,13+,15-/m0/s1. The molecule has 4 heterocycles. The van der Waals surface area contributed by atoms with E-state index in [1.165, 1.54) is 0 Å². The van der Waals surface area contributed by atoms with E-state index in [1.807, 2.05) is 4.90 Å². The topological polar surface area (TPSA) is 69.6 Å². The molecule has 2 aliphatic carbocycles. The van der Waals surface area contributed by atoms with Crippen LogP contribution in [-0.4, -0.2) is 46.7 Å². The van der Waals surface area contributed by atoms with Crippen LogP contribution in [0.3, 0.4) is 0 Å². The number of carboxylic acids is 1. The van der Waals surface area contributed by atoms with E-state index in [1.54, 1.807) is 0 Å². The van der Waals surface area contributed by atoms with E-state index in [4.69, 9.17) is 10.1 Å². The molecule has 8 heteroatoms. The quantitative estimate of drug-likeness (QED) is 0.849. The third-order valence-corrected chi connectivity index (χ3v) is 7.25. The zero-order chi connectivity index (χ0) is 19.6. The summed E-state index contributed by atoms with van der Waals surface area (Å²) in [6.07, 6.45) is 3.14. The molecule has 3 aliphatic heterocycles. The highest BCUT2D eigenvalue weighted by atomic mass is 19.3. The average Bonchev–Trinajstić information content (AvgIpc) is 2.64. The summed E-state index contributed by atoms with van der Waals surface area (Å²) in [7, 11) is 0. The van der Waals surface area contributed by atoms with Crippen LogP contribution >= 0.6 is 0 Å². The van der Waals surface area contributed by atoms with Crippen molar-refractivity contribution in [2.45, 2.75) is 57.4 Å². The van der Waals surface area contributed by atoms with Crippen LogP contribution in [0.15, 0.2) is 0 Å². The zero-order valence-electron chi connectivity index (χ0n) is 16.1. The molecule has 1 aromatic heterocycles. The summed E-state index contributed by atoms with van der Waals surface area (Å²) in [6.45, 7) is 4.28. The normalized spacial score (nSPS) is 33.0. The summed E-state index contributed by atoms with van der Waals surface area (Å²) in [6, 6.07) is 0.276. The van der Waals surface area contributed by atoms with Crippen molar-refractivity contribution < 1.29 is 18.7 Å². The van der Waals surface area contributed by atoms with Gasteiger partial charge in [-0.15, -0.1) is 0 Å². The second-order valence-electron chi connectivity index (χ2n) is 8.99. The summed E-state index contributed by atoms with van der Waals surface area (Å²) in [5, 5.41) is 9.14. The van der Waals surface area contributed by atoms with Crippen LogP contribution in [0.25, 0.3) is 0 Å². The molecule has 2 bridgehead atoms. The number of aromatic nitrogens is 2. The summed E-state index contributed by atoms with van der Waals surface area (Å²) >= 11 is 0. The van der Waals surface area contributed by atoms with Crippen molar-refractivity contribution in [1.29, 1.82) is 0 Å². The third-order valence-electron chi connectivity index (χ3n) is 7.25. The first-order valence-electron chi connectivity index (χ1n) is 10.4. The predicted molar refractivity (Wildman–Crippen MR) is 99.8 cm³/mol. The zero-order valence-corrected chi connectivity index (χ0v) is 16.1. The van der Waals surface area contributed by atoms with Crippen LogP contribution in [0.5, 0.6) is 0 Å². The minimum Gasteiger partial charge on any atom is -0.481 e. The molecule has 3 saturated heterocycles. The maximum atomic E-state index is 14.7. The Hall–Kier alpha value is -1.99. The van der Waals surface area contributed by atoms with E-state index in [-0.39, 0.29) is 30.5 Å². The second-order valence-corrected chi connectivity index (χ2v) is 8.99.